The van der Waals surface area contributed by atoms with Crippen LogP contribution in [0.15, 0.2) is 79.3 Å². The van der Waals surface area contributed by atoms with Crippen molar-refractivity contribution in [3.63, 3.8) is 0 Å². The molecule has 3 aromatic heterocycles. The maximum atomic E-state index is 13.2. The first-order valence-corrected chi connectivity index (χ1v) is 11.4. The molecule has 0 radical (unpaired) electrons. The maximum Gasteiger partial charge on any atom is 0.260 e. The van der Waals surface area contributed by atoms with Gasteiger partial charge >= 0.3 is 0 Å². The molecule has 2 aromatic carbocycles. The topological polar surface area (TPSA) is 77.6 Å². The first kappa shape index (κ1) is 20.8. The molecule has 33 heavy (non-hydrogen) atoms. The van der Waals surface area contributed by atoms with Crippen LogP contribution in [0.4, 0.5) is 5.13 Å². The molecule has 0 saturated carbocycles. The summed E-state index contributed by atoms with van der Waals surface area (Å²) >= 11 is 1.41. The van der Waals surface area contributed by atoms with Gasteiger partial charge in [-0.25, -0.2) is 14.6 Å². The van der Waals surface area contributed by atoms with Crippen LogP contribution in [-0.4, -0.2) is 30.2 Å². The number of aryl methyl sites for hydroxylation is 1. The second-order valence-electron chi connectivity index (χ2n) is 7.48. The summed E-state index contributed by atoms with van der Waals surface area (Å²) in [7, 11) is 1.95. The zero-order valence-corrected chi connectivity index (χ0v) is 19.1. The fraction of sp³-hybridized carbons (Fsp3) is 0.120. The standard InChI is InChI=1S/C25H22N6OS/c1-3-20-19(16-27-31(20)18-12-8-5-9-13-18)24(32)29-25-28-21(17-10-6-4-7-11-17)22(33-25)23-26-14-15-30(23)2/h4-16H,3H2,1-2H3,(H,28,29,32). The Balaban J connectivity index is 1.50. The van der Waals surface area contributed by atoms with E-state index in [1.807, 2.05) is 90.1 Å². The summed E-state index contributed by atoms with van der Waals surface area (Å²) in [5.41, 5.74) is 4.07. The number of imidazole rings is 1. The number of rotatable bonds is 6. The molecule has 0 atom stereocenters. The molecule has 5 aromatic rings. The molecule has 3 heterocycles. The van der Waals surface area contributed by atoms with E-state index in [0.717, 1.165) is 33.3 Å². The molecule has 0 aliphatic carbocycles. The molecule has 5 rings (SSSR count). The molecule has 0 aliphatic heterocycles. The Kier molecular flexibility index (Phi) is 5.58. The highest BCUT2D eigenvalue weighted by Crippen LogP contribution is 2.38. The SMILES string of the molecule is CCc1c(C(=O)Nc2nc(-c3ccccc3)c(-c3nccn3C)s2)cnn1-c1ccccc1. The molecule has 1 amide bonds. The number of amides is 1. The minimum Gasteiger partial charge on any atom is -0.333 e. The fourth-order valence-corrected chi connectivity index (χ4v) is 4.78. The van der Waals surface area contributed by atoms with Crippen LogP contribution in [0.25, 0.3) is 27.6 Å². The molecule has 164 valence electrons. The Morgan fingerprint density at radius 1 is 1.06 bits per heavy atom. The summed E-state index contributed by atoms with van der Waals surface area (Å²) in [6, 6.07) is 19.7. The Morgan fingerprint density at radius 3 is 2.45 bits per heavy atom. The molecule has 0 bridgehead atoms. The average Bonchev–Trinajstić information content (AvgIpc) is 3.58. The lowest BCUT2D eigenvalue weighted by Crippen LogP contribution is -2.14. The summed E-state index contributed by atoms with van der Waals surface area (Å²) < 4.78 is 3.76. The average molecular weight is 455 g/mol. The number of benzene rings is 2. The predicted octanol–water partition coefficient (Wildman–Crippen LogP) is 5.21. The van der Waals surface area contributed by atoms with Gasteiger partial charge < -0.3 is 4.57 Å². The Labute approximate surface area is 195 Å². The van der Waals surface area contributed by atoms with Crippen molar-refractivity contribution in [3.05, 3.63) is 90.5 Å². The third-order valence-corrected chi connectivity index (χ3v) is 6.34. The van der Waals surface area contributed by atoms with E-state index in [-0.39, 0.29) is 5.91 Å². The highest BCUT2D eigenvalue weighted by molar-refractivity contribution is 7.19. The molecule has 7 nitrogen and oxygen atoms in total. The lowest BCUT2D eigenvalue weighted by molar-refractivity contribution is 0.102. The zero-order chi connectivity index (χ0) is 22.8. The number of carbonyl (C=O) groups excluding carboxylic acids is 1. The number of thiazole rings is 1. The van der Waals surface area contributed by atoms with Gasteiger partial charge in [-0.15, -0.1) is 0 Å². The van der Waals surface area contributed by atoms with Crippen molar-refractivity contribution in [2.75, 3.05) is 5.32 Å². The van der Waals surface area contributed by atoms with Crippen molar-refractivity contribution in [1.29, 1.82) is 0 Å². The minimum atomic E-state index is -0.228. The fourth-order valence-electron chi connectivity index (χ4n) is 3.76. The molecular formula is C25H22N6OS. The van der Waals surface area contributed by atoms with Gasteiger partial charge in [-0.2, -0.15) is 5.10 Å². The van der Waals surface area contributed by atoms with Gasteiger partial charge in [-0.1, -0.05) is 66.8 Å². The van der Waals surface area contributed by atoms with Gasteiger partial charge in [0.15, 0.2) is 11.0 Å². The number of aromatic nitrogens is 5. The predicted molar refractivity (Wildman–Crippen MR) is 131 cm³/mol. The van der Waals surface area contributed by atoms with Crippen LogP contribution in [0.2, 0.25) is 0 Å². The van der Waals surface area contributed by atoms with Crippen molar-refractivity contribution in [3.8, 4) is 27.6 Å². The third-order valence-electron chi connectivity index (χ3n) is 5.37. The number of para-hydroxylation sites is 1. The molecule has 0 fully saturated rings. The van der Waals surface area contributed by atoms with Crippen LogP contribution in [0, 0.1) is 0 Å². The van der Waals surface area contributed by atoms with E-state index in [1.54, 1.807) is 12.4 Å². The van der Waals surface area contributed by atoms with Gasteiger partial charge in [0.25, 0.3) is 5.91 Å². The highest BCUT2D eigenvalue weighted by Gasteiger charge is 2.22. The normalized spacial score (nSPS) is 11.0. The summed E-state index contributed by atoms with van der Waals surface area (Å²) in [5, 5.41) is 7.98. The zero-order valence-electron chi connectivity index (χ0n) is 18.3. The van der Waals surface area contributed by atoms with Crippen LogP contribution in [0.5, 0.6) is 0 Å². The van der Waals surface area contributed by atoms with E-state index in [4.69, 9.17) is 4.98 Å². The Hall–Kier alpha value is -4.04. The van der Waals surface area contributed by atoms with Gasteiger partial charge in [0.2, 0.25) is 0 Å². The summed E-state index contributed by atoms with van der Waals surface area (Å²) in [5.74, 6) is 0.576. The molecule has 0 saturated heterocycles. The Bertz CT molecular complexity index is 1400. The number of carbonyl (C=O) groups is 1. The molecular weight excluding hydrogens is 432 g/mol. The lowest BCUT2D eigenvalue weighted by atomic mass is 10.1. The number of nitrogens with one attached hydrogen (secondary N) is 1. The van der Waals surface area contributed by atoms with E-state index >= 15 is 0 Å². The van der Waals surface area contributed by atoms with Gasteiger partial charge in [0.05, 0.1) is 33.7 Å². The molecule has 0 aliphatic rings. The number of hydrogen-bond donors (Lipinski definition) is 1. The van der Waals surface area contributed by atoms with Crippen LogP contribution >= 0.6 is 11.3 Å². The second-order valence-corrected chi connectivity index (χ2v) is 8.48. The largest absolute Gasteiger partial charge is 0.333 e. The van der Waals surface area contributed by atoms with Crippen LogP contribution in [-0.2, 0) is 13.5 Å². The van der Waals surface area contributed by atoms with Crippen LogP contribution < -0.4 is 5.32 Å². The second kappa shape index (κ2) is 8.84. The van der Waals surface area contributed by atoms with Crippen LogP contribution in [0.3, 0.4) is 0 Å². The van der Waals surface area contributed by atoms with Gasteiger partial charge in [0.1, 0.15) is 0 Å². The van der Waals surface area contributed by atoms with Gasteiger partial charge in [-0.05, 0) is 18.6 Å². The lowest BCUT2D eigenvalue weighted by Gasteiger charge is -2.07. The summed E-state index contributed by atoms with van der Waals surface area (Å²) in [6.07, 6.45) is 5.94. The quantitative estimate of drug-likeness (QED) is 0.382. The monoisotopic (exact) mass is 454 g/mol. The highest BCUT2D eigenvalue weighted by atomic mass is 32.1. The third kappa shape index (κ3) is 3.96. The molecule has 0 unspecified atom stereocenters. The van der Waals surface area contributed by atoms with E-state index in [9.17, 15) is 4.79 Å². The maximum absolute atomic E-state index is 13.2. The number of nitrogens with zero attached hydrogens (tertiary/aromatic N) is 5. The molecule has 8 heteroatoms. The van der Waals surface area contributed by atoms with Crippen LogP contribution in [0.1, 0.15) is 23.0 Å². The number of hydrogen-bond acceptors (Lipinski definition) is 5. The molecule has 1 N–H and O–H groups in total. The summed E-state index contributed by atoms with van der Waals surface area (Å²) in [4.78, 5) is 23.4. The van der Waals surface area contributed by atoms with E-state index < -0.39 is 0 Å². The Morgan fingerprint density at radius 2 is 1.79 bits per heavy atom. The minimum absolute atomic E-state index is 0.228. The van der Waals surface area contributed by atoms with Gasteiger partial charge in [0, 0.05) is 25.0 Å². The van der Waals surface area contributed by atoms with Crippen molar-refractivity contribution in [2.24, 2.45) is 7.05 Å². The smallest absolute Gasteiger partial charge is 0.260 e. The van der Waals surface area contributed by atoms with Crippen molar-refractivity contribution >= 4 is 22.4 Å². The van der Waals surface area contributed by atoms with Crippen molar-refractivity contribution < 1.29 is 4.79 Å². The molecule has 0 spiro atoms. The van der Waals surface area contributed by atoms with Gasteiger partial charge in [-0.3, -0.25) is 10.1 Å². The van der Waals surface area contributed by atoms with Crippen molar-refractivity contribution in [1.82, 2.24) is 24.3 Å². The summed E-state index contributed by atoms with van der Waals surface area (Å²) in [6.45, 7) is 2.02. The first-order chi connectivity index (χ1) is 16.2. The van der Waals surface area contributed by atoms with Crippen molar-refractivity contribution in [2.45, 2.75) is 13.3 Å². The van der Waals surface area contributed by atoms with E-state index in [2.05, 4.69) is 15.4 Å². The van der Waals surface area contributed by atoms with E-state index in [1.165, 1.54) is 11.3 Å². The first-order valence-electron chi connectivity index (χ1n) is 10.6. The number of anilines is 1. The van der Waals surface area contributed by atoms with E-state index in [0.29, 0.717) is 17.1 Å².